The molecule has 0 unspecified atom stereocenters. The maximum atomic E-state index is 14.5. The number of amides is 2. The van der Waals surface area contributed by atoms with Gasteiger partial charge in [-0.3, -0.25) is 24.9 Å². The first-order valence-electron chi connectivity index (χ1n) is 18.0. The number of aromatic nitrogens is 4. The second-order valence-electron chi connectivity index (χ2n) is 17.2. The molecule has 3 aromatic rings. The van der Waals surface area contributed by atoms with Crippen molar-refractivity contribution >= 4 is 17.5 Å². The van der Waals surface area contributed by atoms with Crippen LogP contribution < -0.4 is 10.4 Å². The number of nitrogens with one attached hydrogen (secondary N) is 1. The Bertz CT molecular complexity index is 1610. The molecule has 1 aromatic heterocycles. The van der Waals surface area contributed by atoms with Gasteiger partial charge in [0.25, 0.3) is 11.8 Å². The molecule has 5 rings (SSSR count). The molecule has 1 atom stereocenters. The minimum Gasteiger partial charge on any atom is -0.391 e. The molecule has 2 amide bonds. The van der Waals surface area contributed by atoms with Crippen LogP contribution in [0.4, 0.5) is 4.39 Å². The van der Waals surface area contributed by atoms with E-state index in [-0.39, 0.29) is 47.7 Å². The third-order valence-electron chi connectivity index (χ3n) is 9.89. The first kappa shape index (κ1) is 39.8. The highest BCUT2D eigenvalue weighted by Gasteiger charge is 2.52. The fraction of sp³-hybridized carbons (Fsp3) is 0.590. The monoisotopic (exact) mass is 704 g/mol. The molecule has 0 saturated heterocycles. The smallest absolute Gasteiger partial charge is 0.275 e. The van der Waals surface area contributed by atoms with Gasteiger partial charge in [0.1, 0.15) is 23.7 Å². The second-order valence-corrected chi connectivity index (χ2v) is 17.2. The summed E-state index contributed by atoms with van der Waals surface area (Å²) in [6.07, 6.45) is 5.11. The lowest BCUT2D eigenvalue weighted by molar-refractivity contribution is -0.870. The van der Waals surface area contributed by atoms with Gasteiger partial charge in [-0.1, -0.05) is 53.7 Å². The van der Waals surface area contributed by atoms with Gasteiger partial charge in [-0.15, -0.1) is 0 Å². The van der Waals surface area contributed by atoms with Crippen molar-refractivity contribution in [3.8, 4) is 0 Å². The summed E-state index contributed by atoms with van der Waals surface area (Å²) in [6, 6.07) is 13.3. The minimum absolute atomic E-state index is 0.0468. The molecule has 1 fully saturated rings. The Labute approximate surface area is 302 Å². The van der Waals surface area contributed by atoms with E-state index in [2.05, 4.69) is 88.6 Å². The average Bonchev–Trinajstić information content (AvgIpc) is 3.66. The number of quaternary nitrogens is 1. The van der Waals surface area contributed by atoms with Gasteiger partial charge in [-0.25, -0.2) is 4.39 Å². The van der Waals surface area contributed by atoms with Crippen molar-refractivity contribution in [2.75, 3.05) is 34.3 Å². The predicted molar refractivity (Wildman–Crippen MR) is 196 cm³/mol. The first-order chi connectivity index (χ1) is 23.8. The molecule has 2 aromatic carbocycles. The Balaban J connectivity index is 0.000000755. The summed E-state index contributed by atoms with van der Waals surface area (Å²) in [6.45, 7) is 14.7. The number of aliphatic hydroxyl groups excluding tert-OH is 1. The van der Waals surface area contributed by atoms with Gasteiger partial charge in [0.05, 0.1) is 33.8 Å². The molecular weight excluding hydrogens is 647 g/mol. The number of likely N-dealkylation sites (N-methyl/N-ethyl adjacent to an activating group) is 1. The maximum absolute atomic E-state index is 14.5. The van der Waals surface area contributed by atoms with Crippen LogP contribution in [0, 0.1) is 22.6 Å². The Hall–Kier alpha value is -4.03. The lowest BCUT2D eigenvalue weighted by atomic mass is 9.69. The summed E-state index contributed by atoms with van der Waals surface area (Å²) in [4.78, 5) is 34.6. The van der Waals surface area contributed by atoms with Crippen molar-refractivity contribution in [3.05, 3.63) is 76.9 Å². The van der Waals surface area contributed by atoms with Crippen molar-refractivity contribution in [1.29, 1.82) is 0 Å². The highest BCUT2D eigenvalue weighted by atomic mass is 19.1. The van der Waals surface area contributed by atoms with E-state index >= 15 is 0 Å². The third-order valence-corrected chi connectivity index (χ3v) is 9.89. The van der Waals surface area contributed by atoms with Crippen molar-refractivity contribution in [2.45, 2.75) is 98.3 Å². The SMILES string of the molecule is CC(C)(C)CC[C@H](c1ccc(C(=O)NCc2nnn[n-]2)cc1)N1C(=O)C(c2ccc(F)cc2)=NC12CCC(C(C)(C)C)CC2.C[N+](C)(C)CCO. The van der Waals surface area contributed by atoms with Crippen LogP contribution in [0.25, 0.3) is 0 Å². The number of carbonyl (C=O) groups excluding carboxylic acids is 2. The van der Waals surface area contributed by atoms with E-state index in [9.17, 15) is 14.0 Å². The van der Waals surface area contributed by atoms with E-state index in [0.717, 1.165) is 55.1 Å². The van der Waals surface area contributed by atoms with Crippen LogP contribution in [0.1, 0.15) is 113 Å². The van der Waals surface area contributed by atoms with Gasteiger partial charge < -0.3 is 24.9 Å². The zero-order valence-electron chi connectivity index (χ0n) is 31.9. The molecule has 1 aliphatic carbocycles. The van der Waals surface area contributed by atoms with E-state index in [1.165, 1.54) is 12.1 Å². The van der Waals surface area contributed by atoms with E-state index in [1.807, 2.05) is 17.0 Å². The van der Waals surface area contributed by atoms with E-state index < -0.39 is 5.66 Å². The Kier molecular flexibility index (Phi) is 12.6. The number of hydrogen-bond donors (Lipinski definition) is 2. The summed E-state index contributed by atoms with van der Waals surface area (Å²) in [5.74, 6) is 0.145. The van der Waals surface area contributed by atoms with Gasteiger partial charge in [0.15, 0.2) is 0 Å². The molecule has 2 N–H and O–H groups in total. The number of halogens is 1. The number of nitrogens with zero attached hydrogens (tertiary/aromatic N) is 7. The molecular formula is C39H57FN8O3. The van der Waals surface area contributed by atoms with Crippen LogP contribution in [0.3, 0.4) is 0 Å². The molecule has 0 bridgehead atoms. The van der Waals surface area contributed by atoms with Gasteiger partial charge in [0, 0.05) is 23.5 Å². The van der Waals surface area contributed by atoms with E-state index in [4.69, 9.17) is 10.1 Å². The second kappa shape index (κ2) is 16.1. The fourth-order valence-corrected chi connectivity index (χ4v) is 6.81. The molecule has 1 aliphatic heterocycles. The molecule has 12 heteroatoms. The number of rotatable bonds is 10. The van der Waals surface area contributed by atoms with Crippen LogP contribution in [-0.2, 0) is 11.3 Å². The van der Waals surface area contributed by atoms with Crippen LogP contribution in [0.2, 0.25) is 0 Å². The standard InChI is InChI=1S/C34H44FN7O2.C5H14NO/c1-32(2,3)18-17-27(22-7-9-24(10-8-22)30(43)36-21-28-38-40-41-39-28)42-31(44)29(23-11-13-26(35)14-12-23)37-34(42)19-15-25(16-20-34)33(4,5)6;1-6(2,3)4-5-7/h7-14,25,27H,15-21H2,1-6H3,(H2,36,38,39,40,41,43);7H,4-5H2,1-3H3/q;+1/p-1/t25?,27-,34?;/m1./s1. The van der Waals surface area contributed by atoms with Crippen LogP contribution >= 0.6 is 0 Å². The molecule has 1 saturated carbocycles. The molecule has 0 radical (unpaired) electrons. The summed E-state index contributed by atoms with van der Waals surface area (Å²) in [5, 5.41) is 25.6. The molecule has 2 heterocycles. The number of hydrogen-bond acceptors (Lipinski definition) is 7. The highest BCUT2D eigenvalue weighted by molar-refractivity contribution is 6.46. The minimum atomic E-state index is -0.678. The van der Waals surface area contributed by atoms with Gasteiger partial charge >= 0.3 is 0 Å². The normalized spacial score (nSPS) is 20.1. The van der Waals surface area contributed by atoms with E-state index in [1.54, 1.807) is 24.3 Å². The number of benzene rings is 2. The number of aliphatic hydroxyl groups is 1. The Morgan fingerprint density at radius 1 is 1.04 bits per heavy atom. The zero-order chi connectivity index (χ0) is 37.6. The molecule has 278 valence electrons. The molecule has 2 aliphatic rings. The van der Waals surface area contributed by atoms with Crippen molar-refractivity contribution in [3.63, 3.8) is 0 Å². The summed E-state index contributed by atoms with van der Waals surface area (Å²) < 4.78 is 14.7. The number of tetrazole rings is 1. The van der Waals surface area contributed by atoms with Crippen LogP contribution in [0.15, 0.2) is 53.5 Å². The lowest BCUT2D eigenvalue weighted by Crippen LogP contribution is -2.51. The van der Waals surface area contributed by atoms with Crippen molar-refractivity contribution in [1.82, 2.24) is 30.8 Å². The van der Waals surface area contributed by atoms with Crippen molar-refractivity contribution in [2.24, 2.45) is 21.7 Å². The summed E-state index contributed by atoms with van der Waals surface area (Å²) in [5.41, 5.74) is 2.02. The summed E-state index contributed by atoms with van der Waals surface area (Å²) in [7, 11) is 6.16. The Morgan fingerprint density at radius 2 is 1.67 bits per heavy atom. The van der Waals surface area contributed by atoms with E-state index in [0.29, 0.717) is 28.6 Å². The fourth-order valence-electron chi connectivity index (χ4n) is 6.81. The van der Waals surface area contributed by atoms with Crippen LogP contribution in [0.5, 0.6) is 0 Å². The zero-order valence-corrected chi connectivity index (χ0v) is 31.9. The molecule has 11 nitrogen and oxygen atoms in total. The third kappa shape index (κ3) is 10.7. The maximum Gasteiger partial charge on any atom is 0.275 e. The highest BCUT2D eigenvalue weighted by Crippen LogP contribution is 2.50. The largest absolute Gasteiger partial charge is 0.391 e. The predicted octanol–water partition coefficient (Wildman–Crippen LogP) is 5.71. The van der Waals surface area contributed by atoms with Gasteiger partial charge in [-0.05, 0) is 97.2 Å². The average molecular weight is 705 g/mol. The lowest BCUT2D eigenvalue weighted by Gasteiger charge is -2.47. The quantitative estimate of drug-likeness (QED) is 0.258. The number of carbonyl (C=O) groups is 2. The Morgan fingerprint density at radius 3 is 2.16 bits per heavy atom. The molecule has 1 spiro atoms. The van der Waals surface area contributed by atoms with Crippen LogP contribution in [-0.4, -0.2) is 87.5 Å². The molecule has 51 heavy (non-hydrogen) atoms. The van der Waals surface area contributed by atoms with Gasteiger partial charge in [-0.2, -0.15) is 5.21 Å². The first-order valence-corrected chi connectivity index (χ1v) is 18.0. The van der Waals surface area contributed by atoms with Gasteiger partial charge in [0.2, 0.25) is 0 Å². The summed E-state index contributed by atoms with van der Waals surface area (Å²) >= 11 is 0. The van der Waals surface area contributed by atoms with Crippen molar-refractivity contribution < 1.29 is 23.6 Å². The number of aliphatic imine (C=N–C) groups is 1. The topological polar surface area (TPSA) is 135 Å².